The van der Waals surface area contributed by atoms with Crippen molar-refractivity contribution in [1.82, 2.24) is 20.1 Å². The predicted molar refractivity (Wildman–Crippen MR) is 81.5 cm³/mol. The van der Waals surface area contributed by atoms with Crippen molar-refractivity contribution < 1.29 is 0 Å². The number of rotatable bonds is 6. The normalized spacial score (nSPS) is 12.8. The van der Waals surface area contributed by atoms with Crippen LogP contribution in [0.15, 0.2) is 30.6 Å². The fraction of sp³-hybridized carbons (Fsp3) is 0.500. The lowest BCUT2D eigenvalue weighted by molar-refractivity contribution is 0.451. The van der Waals surface area contributed by atoms with E-state index in [1.807, 2.05) is 11.7 Å². The van der Waals surface area contributed by atoms with E-state index in [4.69, 9.17) is 0 Å². The molecule has 1 unspecified atom stereocenters. The summed E-state index contributed by atoms with van der Waals surface area (Å²) in [4.78, 5) is 4.42. The van der Waals surface area contributed by atoms with E-state index < -0.39 is 0 Å². The van der Waals surface area contributed by atoms with Gasteiger partial charge in [0, 0.05) is 19.0 Å². The zero-order chi connectivity index (χ0) is 14.5. The zero-order valence-corrected chi connectivity index (χ0v) is 12.8. The number of likely N-dealkylation sites (N-methyl/N-ethyl adjacent to an activating group) is 1. The molecule has 1 heterocycles. The van der Waals surface area contributed by atoms with E-state index in [1.165, 1.54) is 11.1 Å². The first kappa shape index (κ1) is 14.7. The standard InChI is InChI=1S/C16H24N4/c1-12(2)10-20-16(18-11-19-20)9-15(17-4)14-7-5-6-13(3)8-14/h5-8,11-12,15,17H,9-10H2,1-4H3. The largest absolute Gasteiger partial charge is 0.313 e. The van der Waals surface area contributed by atoms with Crippen molar-refractivity contribution in [3.63, 3.8) is 0 Å². The minimum Gasteiger partial charge on any atom is -0.313 e. The highest BCUT2D eigenvalue weighted by Crippen LogP contribution is 2.18. The van der Waals surface area contributed by atoms with Gasteiger partial charge in [-0.1, -0.05) is 43.7 Å². The molecule has 0 fully saturated rings. The summed E-state index contributed by atoms with van der Waals surface area (Å²) in [5.74, 6) is 1.61. The van der Waals surface area contributed by atoms with Crippen LogP contribution in [0.5, 0.6) is 0 Å². The zero-order valence-electron chi connectivity index (χ0n) is 12.8. The van der Waals surface area contributed by atoms with Crippen molar-refractivity contribution >= 4 is 0 Å². The van der Waals surface area contributed by atoms with Gasteiger partial charge in [-0.15, -0.1) is 0 Å². The van der Waals surface area contributed by atoms with Crippen molar-refractivity contribution in [3.05, 3.63) is 47.5 Å². The maximum Gasteiger partial charge on any atom is 0.138 e. The van der Waals surface area contributed by atoms with Gasteiger partial charge in [-0.05, 0) is 25.5 Å². The SMILES string of the molecule is CNC(Cc1ncnn1CC(C)C)c1cccc(C)c1. The van der Waals surface area contributed by atoms with Crippen molar-refractivity contribution in [1.29, 1.82) is 0 Å². The second-order valence-electron chi connectivity index (χ2n) is 5.71. The predicted octanol–water partition coefficient (Wildman–Crippen LogP) is 2.75. The molecule has 1 aromatic carbocycles. The maximum absolute atomic E-state index is 4.42. The Morgan fingerprint density at radius 1 is 1.30 bits per heavy atom. The molecule has 108 valence electrons. The first-order chi connectivity index (χ1) is 9.60. The summed E-state index contributed by atoms with van der Waals surface area (Å²) in [7, 11) is 2.00. The highest BCUT2D eigenvalue weighted by molar-refractivity contribution is 5.25. The summed E-state index contributed by atoms with van der Waals surface area (Å²) in [5, 5.41) is 7.72. The summed E-state index contributed by atoms with van der Waals surface area (Å²) in [5.41, 5.74) is 2.58. The number of hydrogen-bond donors (Lipinski definition) is 1. The number of aryl methyl sites for hydroxylation is 1. The molecule has 0 spiro atoms. The van der Waals surface area contributed by atoms with Crippen LogP contribution in [0.4, 0.5) is 0 Å². The van der Waals surface area contributed by atoms with Gasteiger partial charge in [0.1, 0.15) is 12.2 Å². The molecule has 2 rings (SSSR count). The van der Waals surface area contributed by atoms with Gasteiger partial charge in [0.05, 0.1) is 0 Å². The monoisotopic (exact) mass is 272 g/mol. The topological polar surface area (TPSA) is 42.7 Å². The molecule has 0 saturated heterocycles. The Kier molecular flexibility index (Phi) is 4.90. The lowest BCUT2D eigenvalue weighted by Crippen LogP contribution is -2.22. The van der Waals surface area contributed by atoms with Crippen molar-refractivity contribution in [2.45, 2.75) is 39.8 Å². The summed E-state index contributed by atoms with van der Waals surface area (Å²) in [6, 6.07) is 8.89. The minimum atomic E-state index is 0.269. The van der Waals surface area contributed by atoms with E-state index in [-0.39, 0.29) is 6.04 Å². The number of benzene rings is 1. The maximum atomic E-state index is 4.42. The van der Waals surface area contributed by atoms with E-state index in [9.17, 15) is 0 Å². The van der Waals surface area contributed by atoms with E-state index >= 15 is 0 Å². The lowest BCUT2D eigenvalue weighted by atomic mass is 10.0. The van der Waals surface area contributed by atoms with Crippen LogP contribution in [0.1, 0.15) is 36.8 Å². The third kappa shape index (κ3) is 3.67. The Morgan fingerprint density at radius 2 is 2.10 bits per heavy atom. The summed E-state index contributed by atoms with van der Waals surface area (Å²) in [6.45, 7) is 7.43. The van der Waals surface area contributed by atoms with Gasteiger partial charge in [0.2, 0.25) is 0 Å². The van der Waals surface area contributed by atoms with Crippen LogP contribution >= 0.6 is 0 Å². The molecule has 0 bridgehead atoms. The van der Waals surface area contributed by atoms with Crippen LogP contribution in [-0.2, 0) is 13.0 Å². The molecule has 0 aliphatic carbocycles. The van der Waals surface area contributed by atoms with Gasteiger partial charge in [-0.25, -0.2) is 9.67 Å². The van der Waals surface area contributed by atoms with Gasteiger partial charge < -0.3 is 5.32 Å². The van der Waals surface area contributed by atoms with Crippen molar-refractivity contribution in [2.24, 2.45) is 5.92 Å². The van der Waals surface area contributed by atoms with Crippen LogP contribution in [0.25, 0.3) is 0 Å². The van der Waals surface area contributed by atoms with Gasteiger partial charge in [0.15, 0.2) is 0 Å². The van der Waals surface area contributed by atoms with E-state index in [1.54, 1.807) is 6.33 Å². The second-order valence-corrected chi connectivity index (χ2v) is 5.71. The molecule has 1 N–H and O–H groups in total. The van der Waals surface area contributed by atoms with Gasteiger partial charge >= 0.3 is 0 Å². The van der Waals surface area contributed by atoms with E-state index in [2.05, 4.69) is 60.4 Å². The van der Waals surface area contributed by atoms with Crippen LogP contribution in [-0.4, -0.2) is 21.8 Å². The molecule has 2 aromatic rings. The van der Waals surface area contributed by atoms with Crippen LogP contribution in [0.3, 0.4) is 0 Å². The molecule has 1 atom stereocenters. The Morgan fingerprint density at radius 3 is 2.75 bits per heavy atom. The Labute approximate surface area is 121 Å². The number of nitrogens with zero attached hydrogens (tertiary/aromatic N) is 3. The minimum absolute atomic E-state index is 0.269. The molecule has 4 heteroatoms. The summed E-state index contributed by atoms with van der Waals surface area (Å²) in [6.07, 6.45) is 2.51. The first-order valence-corrected chi connectivity index (χ1v) is 7.20. The Hall–Kier alpha value is -1.68. The molecule has 0 radical (unpaired) electrons. The Balaban J connectivity index is 2.16. The third-order valence-electron chi connectivity index (χ3n) is 3.41. The molecule has 4 nitrogen and oxygen atoms in total. The summed E-state index contributed by atoms with van der Waals surface area (Å²) >= 11 is 0. The van der Waals surface area contributed by atoms with Gasteiger partial charge in [-0.3, -0.25) is 0 Å². The average Bonchev–Trinajstić information content (AvgIpc) is 2.82. The molecular weight excluding hydrogens is 248 g/mol. The summed E-state index contributed by atoms with van der Waals surface area (Å²) < 4.78 is 2.02. The average molecular weight is 272 g/mol. The third-order valence-corrected chi connectivity index (χ3v) is 3.41. The molecule has 20 heavy (non-hydrogen) atoms. The van der Waals surface area contributed by atoms with Crippen molar-refractivity contribution in [2.75, 3.05) is 7.05 Å². The molecular formula is C16H24N4. The number of hydrogen-bond acceptors (Lipinski definition) is 3. The number of aromatic nitrogens is 3. The van der Waals surface area contributed by atoms with Gasteiger partial charge in [0.25, 0.3) is 0 Å². The molecule has 0 aliphatic rings. The second kappa shape index (κ2) is 6.66. The van der Waals surface area contributed by atoms with Crippen LogP contribution in [0, 0.1) is 12.8 Å². The molecule has 0 saturated carbocycles. The van der Waals surface area contributed by atoms with Gasteiger partial charge in [-0.2, -0.15) is 5.10 Å². The fourth-order valence-electron chi connectivity index (χ4n) is 2.40. The lowest BCUT2D eigenvalue weighted by Gasteiger charge is -2.17. The van der Waals surface area contributed by atoms with Crippen LogP contribution in [0.2, 0.25) is 0 Å². The fourth-order valence-corrected chi connectivity index (χ4v) is 2.40. The van der Waals surface area contributed by atoms with E-state index in [0.29, 0.717) is 5.92 Å². The molecule has 1 aromatic heterocycles. The van der Waals surface area contributed by atoms with E-state index in [0.717, 1.165) is 18.8 Å². The molecule has 0 amide bonds. The first-order valence-electron chi connectivity index (χ1n) is 7.20. The number of nitrogens with one attached hydrogen (secondary N) is 1. The quantitative estimate of drug-likeness (QED) is 0.879. The van der Waals surface area contributed by atoms with Crippen LogP contribution < -0.4 is 5.32 Å². The van der Waals surface area contributed by atoms with Crippen molar-refractivity contribution in [3.8, 4) is 0 Å². The Bertz CT molecular complexity index is 545. The highest BCUT2D eigenvalue weighted by atomic mass is 15.3. The molecule has 0 aliphatic heterocycles. The smallest absolute Gasteiger partial charge is 0.138 e. The highest BCUT2D eigenvalue weighted by Gasteiger charge is 2.15.